The maximum Gasteiger partial charge on any atom is -1.00 e. The summed E-state index contributed by atoms with van der Waals surface area (Å²) >= 11 is -0.278. The Balaban J connectivity index is 0.000000960. The fourth-order valence-electron chi connectivity index (χ4n) is 5.06. The number of allylic oxidation sites excluding steroid dienone is 8. The summed E-state index contributed by atoms with van der Waals surface area (Å²) in [5.41, 5.74) is 0. The van der Waals surface area contributed by atoms with Crippen molar-refractivity contribution in [3.8, 4) is 0 Å². The van der Waals surface area contributed by atoms with Gasteiger partial charge in [-0.15, -0.1) is 0 Å². The molecule has 4 rings (SSSR count). The van der Waals surface area contributed by atoms with Gasteiger partial charge in [-0.25, -0.2) is 0 Å². The second-order valence-electron chi connectivity index (χ2n) is 7.31. The average Bonchev–Trinajstić information content (AvgIpc) is 2.85. The second-order valence-corrected chi connectivity index (χ2v) is 11.8. The predicted molar refractivity (Wildman–Crippen MR) is 85.7 cm³/mol. The van der Waals surface area contributed by atoms with Crippen molar-refractivity contribution < 1.29 is 32.6 Å². The molecule has 0 saturated heterocycles. The van der Waals surface area contributed by atoms with E-state index in [0.29, 0.717) is 0 Å². The van der Waals surface area contributed by atoms with Crippen LogP contribution in [0.5, 0.6) is 0 Å². The number of hydrogen-bond acceptors (Lipinski definition) is 0. The van der Waals surface area contributed by atoms with Crippen LogP contribution in [0.3, 0.4) is 0 Å². The van der Waals surface area contributed by atoms with Gasteiger partial charge < -0.3 is 9.41 Å². The van der Waals surface area contributed by atoms with E-state index < -0.39 is 0 Å². The van der Waals surface area contributed by atoms with Crippen LogP contribution in [0, 0.1) is 23.7 Å². The Bertz CT molecular complexity index is 450. The van der Waals surface area contributed by atoms with Crippen molar-refractivity contribution in [3.63, 3.8) is 0 Å². The maximum atomic E-state index is 2.57. The Hall–Kier alpha value is -0.297. The van der Waals surface area contributed by atoms with Crippen molar-refractivity contribution >= 4 is 0 Å². The van der Waals surface area contributed by atoms with Crippen LogP contribution in [0.2, 0.25) is 7.25 Å². The largest absolute Gasteiger partial charge is 1.00 e. The van der Waals surface area contributed by atoms with Crippen molar-refractivity contribution in [1.82, 2.24) is 0 Å². The molecule has 23 heavy (non-hydrogen) atoms. The third-order valence-electron chi connectivity index (χ3n) is 6.18. The van der Waals surface area contributed by atoms with Crippen LogP contribution >= 0.6 is 0 Å². The molecule has 0 amide bonds. The minimum Gasteiger partial charge on any atom is -1.00 e. The van der Waals surface area contributed by atoms with Crippen molar-refractivity contribution in [3.05, 3.63) is 48.6 Å². The first-order valence-corrected chi connectivity index (χ1v) is 11.7. The molecule has 6 atom stereocenters. The Labute approximate surface area is 150 Å². The molecule has 124 valence electrons. The number of fused-ring (bicyclic) bond motifs is 2. The van der Waals surface area contributed by atoms with Crippen LogP contribution in [-0.4, -0.2) is 0 Å². The fourth-order valence-corrected chi connectivity index (χ4v) is 11.0. The summed E-state index contributed by atoms with van der Waals surface area (Å²) in [6.07, 6.45) is 28.0. The molecule has 0 heterocycles. The van der Waals surface area contributed by atoms with Crippen molar-refractivity contribution in [2.24, 2.45) is 23.7 Å². The van der Waals surface area contributed by atoms with E-state index >= 15 is 0 Å². The van der Waals surface area contributed by atoms with E-state index in [9.17, 15) is 0 Å². The van der Waals surface area contributed by atoms with Gasteiger partial charge in [0.1, 0.15) is 0 Å². The van der Waals surface area contributed by atoms with Gasteiger partial charge in [0.2, 0.25) is 0 Å². The summed E-state index contributed by atoms with van der Waals surface area (Å²) < 4.78 is 2.26. The SMILES string of the molecule is C1=CCC2CC[CH]([Zr+2][CH]3CCC4CC=CC=CC43)C2C=C1.[F-].[F-]. The molecule has 0 aromatic heterocycles. The molecule has 4 aliphatic carbocycles. The van der Waals surface area contributed by atoms with Gasteiger partial charge >= 0.3 is 141 Å². The summed E-state index contributed by atoms with van der Waals surface area (Å²) in [4.78, 5) is 0. The summed E-state index contributed by atoms with van der Waals surface area (Å²) in [5, 5.41) is 0. The van der Waals surface area contributed by atoms with Gasteiger partial charge in [0.05, 0.1) is 0 Å². The zero-order chi connectivity index (χ0) is 14.1. The number of halogens is 2. The predicted octanol–water partition coefficient (Wildman–Crippen LogP) is -0.261. The molecule has 2 fully saturated rings. The van der Waals surface area contributed by atoms with E-state index in [1.807, 2.05) is 0 Å². The van der Waals surface area contributed by atoms with Crippen LogP contribution < -0.4 is 9.41 Å². The summed E-state index contributed by atoms with van der Waals surface area (Å²) in [5.74, 6) is 3.85. The first-order chi connectivity index (χ1) is 10.4. The molecule has 2 saturated carbocycles. The van der Waals surface area contributed by atoms with E-state index in [1.165, 1.54) is 25.7 Å². The molecule has 0 nitrogen and oxygen atoms in total. The Morgan fingerprint density at radius 2 is 1.09 bits per heavy atom. The molecule has 0 aromatic carbocycles. The Morgan fingerprint density at radius 1 is 0.609 bits per heavy atom. The van der Waals surface area contributed by atoms with Crippen molar-refractivity contribution in [2.75, 3.05) is 0 Å². The van der Waals surface area contributed by atoms with Gasteiger partial charge in [-0.1, -0.05) is 0 Å². The number of hydrogen-bond donors (Lipinski definition) is 0. The van der Waals surface area contributed by atoms with Crippen LogP contribution in [0.25, 0.3) is 0 Å². The zero-order valence-electron chi connectivity index (χ0n) is 13.6. The van der Waals surface area contributed by atoms with Gasteiger partial charge in [0.25, 0.3) is 0 Å². The molecular weight excluding hydrogens is 369 g/mol. The van der Waals surface area contributed by atoms with E-state index in [1.54, 1.807) is 12.8 Å². The summed E-state index contributed by atoms with van der Waals surface area (Å²) in [7, 11) is 0. The third-order valence-corrected chi connectivity index (χ3v) is 11.6. The molecule has 3 heteroatoms. The van der Waals surface area contributed by atoms with Gasteiger partial charge in [0.15, 0.2) is 0 Å². The average molecular weight is 396 g/mol. The molecule has 6 unspecified atom stereocenters. The molecule has 0 radical (unpaired) electrons. The van der Waals surface area contributed by atoms with Crippen LogP contribution in [0.15, 0.2) is 48.6 Å². The van der Waals surface area contributed by atoms with Gasteiger partial charge in [-0.05, 0) is 0 Å². The first kappa shape index (κ1) is 19.0. The van der Waals surface area contributed by atoms with Gasteiger partial charge in [-0.3, -0.25) is 0 Å². The normalized spacial score (nSPS) is 40.2. The van der Waals surface area contributed by atoms with E-state index in [2.05, 4.69) is 48.6 Å². The van der Waals surface area contributed by atoms with Crippen LogP contribution in [0.4, 0.5) is 0 Å². The summed E-state index contributed by atoms with van der Waals surface area (Å²) in [6.45, 7) is 0. The molecule has 4 aliphatic rings. The first-order valence-electron chi connectivity index (χ1n) is 8.84. The second kappa shape index (κ2) is 8.70. The Morgan fingerprint density at radius 3 is 1.57 bits per heavy atom. The van der Waals surface area contributed by atoms with Crippen molar-refractivity contribution in [2.45, 2.75) is 45.8 Å². The monoisotopic (exact) mass is 394 g/mol. The molecule has 0 aliphatic heterocycles. The minimum absolute atomic E-state index is 0. The molecule has 0 spiro atoms. The van der Waals surface area contributed by atoms with Gasteiger partial charge in [-0.2, -0.15) is 0 Å². The molecular formula is C20H26F2Zr. The standard InChI is InChI=1S/2C10H13.2FH.Zr/c2*1-2-5-9-7-4-8-10(9)6-3-1;;;/h2*1-3,5,7,9-10H,4,6,8H2;2*1H;/q;;;;+2/p-2. The molecule has 0 aromatic rings. The van der Waals surface area contributed by atoms with E-state index in [4.69, 9.17) is 0 Å². The Kier molecular flexibility index (Phi) is 7.20. The minimum atomic E-state index is -0.278. The number of rotatable bonds is 2. The maximum absolute atomic E-state index is 2.57. The van der Waals surface area contributed by atoms with Crippen LogP contribution in [-0.2, 0) is 23.2 Å². The van der Waals surface area contributed by atoms with E-state index in [-0.39, 0.29) is 32.6 Å². The summed E-state index contributed by atoms with van der Waals surface area (Å²) in [6, 6.07) is 0. The quantitative estimate of drug-likeness (QED) is 0.604. The molecule has 0 N–H and O–H groups in total. The smallest absolute Gasteiger partial charge is 1.00 e. The van der Waals surface area contributed by atoms with Crippen molar-refractivity contribution in [1.29, 1.82) is 0 Å². The zero-order valence-corrected chi connectivity index (χ0v) is 16.0. The molecule has 0 bridgehead atoms. The fraction of sp³-hybridized carbons (Fsp3) is 0.600. The van der Waals surface area contributed by atoms with Gasteiger partial charge in [0, 0.05) is 0 Å². The third kappa shape index (κ3) is 4.03. The van der Waals surface area contributed by atoms with E-state index in [0.717, 1.165) is 30.9 Å². The topological polar surface area (TPSA) is 0 Å². The van der Waals surface area contributed by atoms with Crippen LogP contribution in [0.1, 0.15) is 38.5 Å².